The molecule has 0 saturated heterocycles. The number of sulfonamides is 1. The van der Waals surface area contributed by atoms with Gasteiger partial charge in [-0.15, -0.1) is 0 Å². The van der Waals surface area contributed by atoms with Crippen LogP contribution in [0.5, 0.6) is 0 Å². The molecule has 1 rings (SSSR count). The average molecular weight is 318 g/mol. The molecule has 0 atom stereocenters. The van der Waals surface area contributed by atoms with Crippen molar-refractivity contribution in [2.45, 2.75) is 19.9 Å². The Kier molecular flexibility index (Phi) is 5.74. The van der Waals surface area contributed by atoms with Gasteiger partial charge in [0, 0.05) is 16.5 Å². The summed E-state index contributed by atoms with van der Waals surface area (Å²) in [7, 11) is -3.79. The van der Waals surface area contributed by atoms with Crippen LogP contribution in [0.25, 0.3) is 6.08 Å². The Morgan fingerprint density at radius 3 is 2.35 bits per heavy atom. The van der Waals surface area contributed by atoms with Crippen molar-refractivity contribution in [1.82, 2.24) is 4.31 Å². The summed E-state index contributed by atoms with van der Waals surface area (Å²) in [6.07, 6.45) is 1.41. The van der Waals surface area contributed by atoms with E-state index in [1.165, 1.54) is 6.08 Å². The van der Waals surface area contributed by atoms with Gasteiger partial charge >= 0.3 is 5.97 Å². The van der Waals surface area contributed by atoms with Gasteiger partial charge in [-0.1, -0.05) is 23.7 Å². The van der Waals surface area contributed by atoms with E-state index >= 15 is 0 Å². The Bertz CT molecular complexity index is 593. The van der Waals surface area contributed by atoms with Crippen molar-refractivity contribution in [3.8, 4) is 0 Å². The highest BCUT2D eigenvalue weighted by molar-refractivity contribution is 7.92. The number of hydrogen-bond acceptors (Lipinski definition) is 3. The third-order valence-corrected chi connectivity index (χ3v) is 4.43. The molecule has 110 valence electrons. The molecular formula is C13H16ClNO4S. The summed E-state index contributed by atoms with van der Waals surface area (Å²) < 4.78 is 25.1. The van der Waals surface area contributed by atoms with Gasteiger partial charge in [0.15, 0.2) is 0 Å². The molecule has 0 radical (unpaired) electrons. The van der Waals surface area contributed by atoms with Crippen LogP contribution in [0.2, 0.25) is 5.02 Å². The number of benzene rings is 1. The first kappa shape index (κ1) is 16.7. The Morgan fingerprint density at radius 1 is 1.35 bits per heavy atom. The van der Waals surface area contributed by atoms with Gasteiger partial charge in [-0.3, -0.25) is 4.79 Å². The lowest BCUT2D eigenvalue weighted by atomic mass is 10.2. The van der Waals surface area contributed by atoms with Gasteiger partial charge in [0.1, 0.15) is 6.54 Å². The molecule has 20 heavy (non-hydrogen) atoms. The Balaban J connectivity index is 2.96. The Hall–Kier alpha value is -1.37. The summed E-state index contributed by atoms with van der Waals surface area (Å²) in [4.78, 5) is 10.7. The van der Waals surface area contributed by atoms with Crippen molar-refractivity contribution >= 4 is 33.7 Å². The zero-order valence-corrected chi connectivity index (χ0v) is 12.7. The molecule has 1 N–H and O–H groups in total. The molecule has 0 aliphatic carbocycles. The van der Waals surface area contributed by atoms with E-state index in [2.05, 4.69) is 0 Å². The highest BCUT2D eigenvalue weighted by Crippen LogP contribution is 2.14. The fraction of sp³-hybridized carbons (Fsp3) is 0.308. The second kappa shape index (κ2) is 6.88. The minimum Gasteiger partial charge on any atom is -0.480 e. The second-order valence-corrected chi connectivity index (χ2v) is 6.64. The minimum absolute atomic E-state index is 0.439. The van der Waals surface area contributed by atoms with Gasteiger partial charge in [0.2, 0.25) is 10.0 Å². The van der Waals surface area contributed by atoms with Crippen LogP contribution >= 0.6 is 11.6 Å². The molecule has 0 amide bonds. The molecule has 1 aromatic carbocycles. The predicted molar refractivity (Wildman–Crippen MR) is 78.9 cm³/mol. The van der Waals surface area contributed by atoms with E-state index in [1.807, 2.05) is 0 Å². The Morgan fingerprint density at radius 2 is 1.90 bits per heavy atom. The summed E-state index contributed by atoms with van der Waals surface area (Å²) in [6.45, 7) is 2.68. The summed E-state index contributed by atoms with van der Waals surface area (Å²) in [5, 5.41) is 10.3. The molecule has 0 aliphatic heterocycles. The normalized spacial score (nSPS) is 12.4. The molecule has 1 aromatic rings. The average Bonchev–Trinajstić information content (AvgIpc) is 2.34. The monoisotopic (exact) mass is 317 g/mol. The maximum Gasteiger partial charge on any atom is 0.318 e. The Labute approximate surface area is 123 Å². The molecule has 0 spiro atoms. The van der Waals surface area contributed by atoms with E-state index in [0.29, 0.717) is 10.6 Å². The topological polar surface area (TPSA) is 74.7 Å². The molecular weight excluding hydrogens is 302 g/mol. The number of rotatable bonds is 6. The van der Waals surface area contributed by atoms with Crippen LogP contribution in [0, 0.1) is 0 Å². The van der Waals surface area contributed by atoms with Crippen molar-refractivity contribution in [2.24, 2.45) is 0 Å². The fourth-order valence-corrected chi connectivity index (χ4v) is 3.01. The number of aliphatic carboxylic acids is 1. The standard InChI is InChI=1S/C13H16ClNO4S/c1-10(2)15(9-13(16)17)20(18,19)8-7-11-3-5-12(14)6-4-11/h3-8,10H,9H2,1-2H3,(H,16,17)/b8-7+. The van der Waals surface area contributed by atoms with Crippen LogP contribution in [-0.2, 0) is 14.8 Å². The quantitative estimate of drug-likeness (QED) is 0.874. The first-order valence-corrected chi connectivity index (χ1v) is 7.78. The maximum absolute atomic E-state index is 12.1. The van der Waals surface area contributed by atoms with E-state index in [-0.39, 0.29) is 0 Å². The largest absolute Gasteiger partial charge is 0.480 e. The molecule has 5 nitrogen and oxygen atoms in total. The van der Waals surface area contributed by atoms with Crippen molar-refractivity contribution < 1.29 is 18.3 Å². The summed E-state index contributed by atoms with van der Waals surface area (Å²) in [5.41, 5.74) is 0.664. The van der Waals surface area contributed by atoms with Crippen molar-refractivity contribution in [3.05, 3.63) is 40.3 Å². The van der Waals surface area contributed by atoms with Crippen molar-refractivity contribution in [2.75, 3.05) is 6.54 Å². The number of hydrogen-bond donors (Lipinski definition) is 1. The molecule has 0 bridgehead atoms. The molecule has 7 heteroatoms. The lowest BCUT2D eigenvalue weighted by Gasteiger charge is -2.22. The van der Waals surface area contributed by atoms with E-state index in [0.717, 1.165) is 9.71 Å². The van der Waals surface area contributed by atoms with E-state index in [1.54, 1.807) is 38.1 Å². The van der Waals surface area contributed by atoms with Gasteiger partial charge in [-0.25, -0.2) is 8.42 Å². The molecule has 0 aliphatic rings. The third kappa shape index (κ3) is 4.96. The third-order valence-electron chi connectivity index (χ3n) is 2.50. The molecule has 0 aromatic heterocycles. The van der Waals surface area contributed by atoms with Gasteiger partial charge in [-0.2, -0.15) is 4.31 Å². The van der Waals surface area contributed by atoms with Crippen molar-refractivity contribution in [1.29, 1.82) is 0 Å². The highest BCUT2D eigenvalue weighted by Gasteiger charge is 2.24. The van der Waals surface area contributed by atoms with Gasteiger partial charge in [0.25, 0.3) is 0 Å². The zero-order chi connectivity index (χ0) is 15.3. The van der Waals surface area contributed by atoms with E-state index < -0.39 is 28.6 Å². The van der Waals surface area contributed by atoms with Crippen LogP contribution in [0.4, 0.5) is 0 Å². The summed E-state index contributed by atoms with van der Waals surface area (Å²) >= 11 is 5.74. The van der Waals surface area contributed by atoms with Crippen LogP contribution in [0.3, 0.4) is 0 Å². The fourth-order valence-electron chi connectivity index (χ4n) is 1.52. The molecule has 0 heterocycles. The predicted octanol–water partition coefficient (Wildman–Crippen LogP) is 2.44. The zero-order valence-electron chi connectivity index (χ0n) is 11.2. The highest BCUT2D eigenvalue weighted by atomic mass is 35.5. The second-order valence-electron chi connectivity index (χ2n) is 4.43. The van der Waals surface area contributed by atoms with Crippen molar-refractivity contribution in [3.63, 3.8) is 0 Å². The van der Waals surface area contributed by atoms with Gasteiger partial charge in [0.05, 0.1) is 0 Å². The van der Waals surface area contributed by atoms with Gasteiger partial charge in [-0.05, 0) is 37.6 Å². The van der Waals surface area contributed by atoms with Gasteiger partial charge < -0.3 is 5.11 Å². The number of halogens is 1. The molecule has 0 unspecified atom stereocenters. The van der Waals surface area contributed by atoms with Crippen LogP contribution in [0.15, 0.2) is 29.7 Å². The summed E-state index contributed by atoms with van der Waals surface area (Å²) in [6, 6.07) is 6.19. The molecule has 0 fully saturated rings. The minimum atomic E-state index is -3.79. The number of carbonyl (C=O) groups is 1. The van der Waals surface area contributed by atoms with Crippen LogP contribution in [-0.4, -0.2) is 36.4 Å². The van der Waals surface area contributed by atoms with E-state index in [9.17, 15) is 13.2 Å². The SMILES string of the molecule is CC(C)N(CC(=O)O)S(=O)(=O)/C=C/c1ccc(Cl)cc1. The lowest BCUT2D eigenvalue weighted by Crippen LogP contribution is -2.39. The van der Waals surface area contributed by atoms with E-state index in [4.69, 9.17) is 16.7 Å². The first-order chi connectivity index (χ1) is 9.22. The van der Waals surface area contributed by atoms with Crippen LogP contribution in [0.1, 0.15) is 19.4 Å². The molecule has 0 saturated carbocycles. The lowest BCUT2D eigenvalue weighted by molar-refractivity contribution is -0.137. The first-order valence-electron chi connectivity index (χ1n) is 5.89. The number of carboxylic acid groups (broad SMARTS) is 1. The smallest absolute Gasteiger partial charge is 0.318 e. The summed E-state index contributed by atoms with van der Waals surface area (Å²) in [5.74, 6) is -1.19. The number of nitrogens with zero attached hydrogens (tertiary/aromatic N) is 1. The van der Waals surface area contributed by atoms with Crippen LogP contribution < -0.4 is 0 Å². The number of carboxylic acids is 1. The maximum atomic E-state index is 12.1.